The number of piperidine rings is 1. The van der Waals surface area contributed by atoms with Crippen LogP contribution in [-0.4, -0.2) is 51.7 Å². The van der Waals surface area contributed by atoms with E-state index in [9.17, 15) is 4.79 Å². The number of ether oxygens (including phenoxy) is 2. The molecule has 2 aromatic carbocycles. The van der Waals surface area contributed by atoms with Gasteiger partial charge in [0.1, 0.15) is 24.2 Å². The number of anilines is 1. The molecule has 0 radical (unpaired) electrons. The van der Waals surface area contributed by atoms with Crippen LogP contribution >= 0.6 is 0 Å². The Bertz CT molecular complexity index is 1360. The van der Waals surface area contributed by atoms with Crippen molar-refractivity contribution in [2.75, 3.05) is 18.0 Å². The van der Waals surface area contributed by atoms with Crippen molar-refractivity contribution in [3.05, 3.63) is 60.5 Å². The van der Waals surface area contributed by atoms with E-state index in [4.69, 9.17) is 23.3 Å². The molecule has 0 spiro atoms. The molecule has 7 rings (SSSR count). The lowest BCUT2D eigenvalue weighted by molar-refractivity contribution is -0.0386. The number of rotatable bonds is 5. The Morgan fingerprint density at radius 1 is 1.11 bits per heavy atom. The van der Waals surface area contributed by atoms with E-state index >= 15 is 0 Å². The second-order valence-corrected chi connectivity index (χ2v) is 10.2. The summed E-state index contributed by atoms with van der Waals surface area (Å²) in [6, 6.07) is 14.3. The zero-order valence-electron chi connectivity index (χ0n) is 20.5. The standard InChI is InChI=1S/C27H28N4O5/c1-27(2,3)36-26(32)31-18-13-19(31)15-30(14-18)25-29-22-21(34-16-17-7-5-4-6-8-17)10-9-20(23(22)35-25)24-28-11-12-33-24/h4-12,18-19H,13-16H2,1-3H3. The highest BCUT2D eigenvalue weighted by Gasteiger charge is 2.49. The van der Waals surface area contributed by atoms with Gasteiger partial charge >= 0.3 is 6.09 Å². The van der Waals surface area contributed by atoms with E-state index in [1.54, 1.807) is 6.20 Å². The third-order valence-electron chi connectivity index (χ3n) is 6.46. The predicted octanol–water partition coefficient (Wildman–Crippen LogP) is 5.26. The Kier molecular flexibility index (Phi) is 5.35. The van der Waals surface area contributed by atoms with Gasteiger partial charge in [-0.3, -0.25) is 4.90 Å². The van der Waals surface area contributed by atoms with Crippen LogP contribution in [0, 0.1) is 0 Å². The van der Waals surface area contributed by atoms with Crippen LogP contribution in [-0.2, 0) is 11.3 Å². The van der Waals surface area contributed by atoms with Gasteiger partial charge in [0.15, 0.2) is 11.1 Å². The van der Waals surface area contributed by atoms with Crippen molar-refractivity contribution in [1.82, 2.24) is 14.9 Å². The minimum absolute atomic E-state index is 0.0635. The molecule has 2 unspecified atom stereocenters. The zero-order chi connectivity index (χ0) is 24.9. The van der Waals surface area contributed by atoms with Crippen molar-refractivity contribution in [3.8, 4) is 17.2 Å². The second kappa shape index (κ2) is 8.58. The van der Waals surface area contributed by atoms with Crippen LogP contribution < -0.4 is 9.64 Å². The summed E-state index contributed by atoms with van der Waals surface area (Å²) >= 11 is 0. The third kappa shape index (κ3) is 4.14. The lowest BCUT2D eigenvalue weighted by Crippen LogP contribution is -2.70. The molecule has 0 aliphatic carbocycles. The molecule has 0 saturated carbocycles. The van der Waals surface area contributed by atoms with Crippen LogP contribution in [0.1, 0.15) is 32.8 Å². The fraction of sp³-hybridized carbons (Fsp3) is 0.370. The monoisotopic (exact) mass is 488 g/mol. The summed E-state index contributed by atoms with van der Waals surface area (Å²) in [4.78, 5) is 25.7. The first-order valence-electron chi connectivity index (χ1n) is 12.1. The van der Waals surface area contributed by atoms with Gasteiger partial charge in [0, 0.05) is 13.1 Å². The number of hydrogen-bond acceptors (Lipinski definition) is 8. The van der Waals surface area contributed by atoms with Gasteiger partial charge in [-0.05, 0) is 44.9 Å². The molecule has 36 heavy (non-hydrogen) atoms. The zero-order valence-corrected chi connectivity index (χ0v) is 20.5. The van der Waals surface area contributed by atoms with Crippen molar-refractivity contribution < 1.29 is 23.1 Å². The van der Waals surface area contributed by atoms with E-state index < -0.39 is 5.60 Å². The molecule has 9 heteroatoms. The number of piperazine rings is 1. The van der Waals surface area contributed by atoms with Gasteiger partial charge in [0.2, 0.25) is 5.89 Å². The Morgan fingerprint density at radius 3 is 2.58 bits per heavy atom. The number of carbonyl (C=O) groups excluding carboxylic acids is 1. The molecular weight excluding hydrogens is 460 g/mol. The van der Waals surface area contributed by atoms with Crippen molar-refractivity contribution >= 4 is 23.2 Å². The number of benzene rings is 2. The van der Waals surface area contributed by atoms with Crippen LogP contribution in [0.4, 0.5) is 10.8 Å². The summed E-state index contributed by atoms with van der Waals surface area (Å²) in [6.45, 7) is 7.30. The molecule has 3 aliphatic heterocycles. The molecular formula is C27H28N4O5. The van der Waals surface area contributed by atoms with Gasteiger partial charge in [0.25, 0.3) is 6.01 Å². The van der Waals surface area contributed by atoms with E-state index in [1.807, 2.05) is 68.1 Å². The van der Waals surface area contributed by atoms with E-state index in [1.165, 1.54) is 6.26 Å². The van der Waals surface area contributed by atoms with Crippen molar-refractivity contribution in [2.45, 2.75) is 51.5 Å². The van der Waals surface area contributed by atoms with Crippen LogP contribution in [0.15, 0.2) is 63.8 Å². The van der Waals surface area contributed by atoms with E-state index in [2.05, 4.69) is 9.88 Å². The summed E-state index contributed by atoms with van der Waals surface area (Å²) in [5.74, 6) is 1.08. The summed E-state index contributed by atoms with van der Waals surface area (Å²) in [5.41, 5.74) is 2.41. The average Bonchev–Trinajstić information content (AvgIpc) is 3.53. The summed E-state index contributed by atoms with van der Waals surface area (Å²) in [6.07, 6.45) is 3.82. The van der Waals surface area contributed by atoms with Gasteiger partial charge in [-0.2, -0.15) is 4.98 Å². The SMILES string of the molecule is CC(C)(C)OC(=O)N1C2CC1CN(c1nc3c(OCc4ccccc4)ccc(-c4ncco4)c3o1)C2. The molecule has 9 nitrogen and oxygen atoms in total. The van der Waals surface area contributed by atoms with Crippen LogP contribution in [0.3, 0.4) is 0 Å². The quantitative estimate of drug-likeness (QED) is 0.376. The highest BCUT2D eigenvalue weighted by molar-refractivity contribution is 5.93. The van der Waals surface area contributed by atoms with E-state index in [0.717, 1.165) is 12.0 Å². The largest absolute Gasteiger partial charge is 0.486 e. The smallest absolute Gasteiger partial charge is 0.410 e. The Morgan fingerprint density at radius 2 is 1.89 bits per heavy atom. The maximum atomic E-state index is 12.7. The Balaban J connectivity index is 1.28. The summed E-state index contributed by atoms with van der Waals surface area (Å²) < 4.78 is 23.6. The Labute approximate surface area is 208 Å². The fourth-order valence-electron chi connectivity index (χ4n) is 4.86. The van der Waals surface area contributed by atoms with Gasteiger partial charge in [-0.25, -0.2) is 9.78 Å². The molecule has 3 saturated heterocycles. The van der Waals surface area contributed by atoms with Gasteiger partial charge < -0.3 is 23.2 Å². The van der Waals surface area contributed by atoms with Gasteiger partial charge in [-0.1, -0.05) is 30.3 Å². The van der Waals surface area contributed by atoms with E-state index in [-0.39, 0.29) is 18.2 Å². The van der Waals surface area contributed by atoms with Crippen LogP contribution in [0.5, 0.6) is 5.75 Å². The van der Waals surface area contributed by atoms with Gasteiger partial charge in [-0.15, -0.1) is 0 Å². The van der Waals surface area contributed by atoms with Crippen LogP contribution in [0.25, 0.3) is 22.6 Å². The lowest BCUT2D eigenvalue weighted by atomic mass is 9.88. The number of hydrogen-bond donors (Lipinski definition) is 0. The molecule has 5 heterocycles. The van der Waals surface area contributed by atoms with Crippen molar-refractivity contribution in [1.29, 1.82) is 0 Å². The van der Waals surface area contributed by atoms with Crippen molar-refractivity contribution in [2.24, 2.45) is 0 Å². The molecule has 3 fully saturated rings. The first kappa shape index (κ1) is 22.5. The average molecular weight is 489 g/mol. The maximum absolute atomic E-state index is 12.7. The highest BCUT2D eigenvalue weighted by Crippen LogP contribution is 2.40. The number of oxazole rings is 2. The lowest BCUT2D eigenvalue weighted by Gasteiger charge is -2.55. The predicted molar refractivity (Wildman–Crippen MR) is 133 cm³/mol. The first-order chi connectivity index (χ1) is 17.4. The number of aromatic nitrogens is 2. The number of carbonyl (C=O) groups is 1. The minimum Gasteiger partial charge on any atom is -0.486 e. The van der Waals surface area contributed by atoms with E-state index in [0.29, 0.717) is 54.0 Å². The first-order valence-corrected chi connectivity index (χ1v) is 12.1. The third-order valence-corrected chi connectivity index (χ3v) is 6.46. The van der Waals surface area contributed by atoms with Gasteiger partial charge in [0.05, 0.1) is 23.8 Å². The maximum Gasteiger partial charge on any atom is 0.410 e. The Hall–Kier alpha value is -4.01. The topological polar surface area (TPSA) is 94.1 Å². The molecule has 186 valence electrons. The normalized spacial score (nSPS) is 19.3. The highest BCUT2D eigenvalue weighted by atomic mass is 16.6. The van der Waals surface area contributed by atoms with Crippen molar-refractivity contribution in [3.63, 3.8) is 0 Å². The number of nitrogens with zero attached hydrogens (tertiary/aromatic N) is 4. The number of fused-ring (bicyclic) bond motifs is 3. The molecule has 2 aromatic heterocycles. The summed E-state index contributed by atoms with van der Waals surface area (Å²) in [7, 11) is 0. The molecule has 0 N–H and O–H groups in total. The molecule has 4 aromatic rings. The minimum atomic E-state index is -0.520. The summed E-state index contributed by atoms with van der Waals surface area (Å²) in [5, 5.41) is 0. The second-order valence-electron chi connectivity index (χ2n) is 10.2. The molecule has 3 aliphatic rings. The molecule has 2 atom stereocenters. The molecule has 1 amide bonds. The molecule has 2 bridgehead atoms. The fourth-order valence-corrected chi connectivity index (χ4v) is 4.86. The van der Waals surface area contributed by atoms with Crippen LogP contribution in [0.2, 0.25) is 0 Å². The number of amides is 1.